The number of hydrogen-bond donors (Lipinski definition) is 1. The Bertz CT molecular complexity index is 1460. The normalized spacial score (nSPS) is 12.2. The van der Waals surface area contributed by atoms with Crippen LogP contribution < -0.4 is 9.62 Å². The molecular weight excluding hydrogens is 569 g/mol. The lowest BCUT2D eigenvalue weighted by molar-refractivity contribution is -0.139. The van der Waals surface area contributed by atoms with Gasteiger partial charge in [0.15, 0.2) is 0 Å². The Balaban J connectivity index is 2.07. The van der Waals surface area contributed by atoms with Crippen molar-refractivity contribution in [3.05, 3.63) is 93.5 Å². The van der Waals surface area contributed by atoms with Gasteiger partial charge in [0.25, 0.3) is 10.0 Å². The Morgan fingerprint density at radius 1 is 0.925 bits per heavy atom. The second-order valence-electron chi connectivity index (χ2n) is 10.1. The Kier molecular flexibility index (Phi) is 10.6. The molecule has 3 aromatic carbocycles. The van der Waals surface area contributed by atoms with Gasteiger partial charge in [0.2, 0.25) is 11.8 Å². The molecule has 0 saturated carbocycles. The first-order valence-electron chi connectivity index (χ1n) is 13.0. The highest BCUT2D eigenvalue weighted by atomic mass is 35.5. The molecule has 1 N–H and O–H groups in total. The number of nitrogens with one attached hydrogen (secondary N) is 1. The molecular formula is C30H35Cl2N3O4S. The van der Waals surface area contributed by atoms with E-state index in [0.717, 1.165) is 15.4 Å². The van der Waals surface area contributed by atoms with Crippen LogP contribution in [0.1, 0.15) is 37.5 Å². The maximum Gasteiger partial charge on any atom is 0.264 e. The summed E-state index contributed by atoms with van der Waals surface area (Å²) in [6.45, 7) is 9.15. The molecule has 0 spiro atoms. The number of nitrogens with zero attached hydrogens (tertiary/aromatic N) is 2. The minimum atomic E-state index is -4.13. The van der Waals surface area contributed by atoms with E-state index < -0.39 is 28.5 Å². The van der Waals surface area contributed by atoms with E-state index in [2.05, 4.69) is 5.32 Å². The summed E-state index contributed by atoms with van der Waals surface area (Å²) in [6, 6.07) is 17.3. The smallest absolute Gasteiger partial charge is 0.264 e. The number of anilines is 1. The number of carbonyl (C=O) groups is 2. The molecule has 7 nitrogen and oxygen atoms in total. The molecule has 0 heterocycles. The van der Waals surface area contributed by atoms with Gasteiger partial charge in [0.05, 0.1) is 10.6 Å². The van der Waals surface area contributed by atoms with E-state index in [0.29, 0.717) is 27.8 Å². The zero-order valence-corrected chi connectivity index (χ0v) is 25.6. The lowest BCUT2D eigenvalue weighted by atomic mass is 10.1. The minimum absolute atomic E-state index is 0.0167. The lowest BCUT2D eigenvalue weighted by Gasteiger charge is -2.33. The van der Waals surface area contributed by atoms with Gasteiger partial charge in [0, 0.05) is 23.1 Å². The van der Waals surface area contributed by atoms with E-state index in [1.54, 1.807) is 55.5 Å². The Morgan fingerprint density at radius 2 is 1.60 bits per heavy atom. The summed E-state index contributed by atoms with van der Waals surface area (Å²) >= 11 is 12.5. The molecule has 214 valence electrons. The minimum Gasteiger partial charge on any atom is -0.354 e. The standard InChI is InChI=1S/C30H35Cl2N3O4S/c1-20(2)17-33-30(37)23(5)34(18-24-14-15-25(31)16-27(24)32)29(36)19-35(28-13-9-10-21(3)22(28)4)40(38,39)26-11-7-6-8-12-26/h6-16,20,23H,17-19H2,1-5H3,(H,33,37)/t23-/m0/s1. The molecule has 0 saturated heterocycles. The third-order valence-corrected chi connectivity index (χ3v) is 9.02. The van der Waals surface area contributed by atoms with Crippen LogP contribution >= 0.6 is 23.2 Å². The largest absolute Gasteiger partial charge is 0.354 e. The monoisotopic (exact) mass is 603 g/mol. The van der Waals surface area contributed by atoms with Gasteiger partial charge in [-0.3, -0.25) is 13.9 Å². The summed E-state index contributed by atoms with van der Waals surface area (Å²) in [5.74, 6) is -0.697. The van der Waals surface area contributed by atoms with E-state index in [9.17, 15) is 18.0 Å². The van der Waals surface area contributed by atoms with Crippen LogP contribution in [-0.2, 0) is 26.2 Å². The lowest BCUT2D eigenvalue weighted by Crippen LogP contribution is -2.51. The molecule has 0 aliphatic carbocycles. The van der Waals surface area contributed by atoms with Gasteiger partial charge in [-0.05, 0) is 73.7 Å². The SMILES string of the molecule is Cc1cccc(N(CC(=O)N(Cc2ccc(Cl)cc2Cl)[C@@H](C)C(=O)NCC(C)C)S(=O)(=O)c2ccccc2)c1C. The maximum atomic E-state index is 14.0. The van der Waals surface area contributed by atoms with Crippen molar-refractivity contribution in [3.63, 3.8) is 0 Å². The Hall–Kier alpha value is -3.07. The molecule has 0 fully saturated rings. The molecule has 0 aliphatic rings. The van der Waals surface area contributed by atoms with E-state index in [-0.39, 0.29) is 23.3 Å². The highest BCUT2D eigenvalue weighted by Gasteiger charge is 2.33. The molecule has 0 unspecified atom stereocenters. The van der Waals surface area contributed by atoms with Crippen LogP contribution in [0, 0.1) is 19.8 Å². The van der Waals surface area contributed by atoms with Crippen LogP contribution in [-0.4, -0.2) is 44.3 Å². The maximum absolute atomic E-state index is 14.0. The molecule has 0 aliphatic heterocycles. The third-order valence-electron chi connectivity index (χ3n) is 6.66. The van der Waals surface area contributed by atoms with E-state index >= 15 is 0 Å². The molecule has 3 aromatic rings. The van der Waals surface area contributed by atoms with Gasteiger partial charge in [-0.1, -0.05) is 73.4 Å². The highest BCUT2D eigenvalue weighted by Crippen LogP contribution is 2.29. The van der Waals surface area contributed by atoms with Crippen LogP contribution in [0.5, 0.6) is 0 Å². The highest BCUT2D eigenvalue weighted by molar-refractivity contribution is 7.92. The summed E-state index contributed by atoms with van der Waals surface area (Å²) < 4.78 is 29.0. The van der Waals surface area contributed by atoms with Crippen LogP contribution in [0.3, 0.4) is 0 Å². The predicted octanol–water partition coefficient (Wildman–Crippen LogP) is 6.00. The van der Waals surface area contributed by atoms with Gasteiger partial charge in [-0.15, -0.1) is 0 Å². The Labute approximate surface area is 247 Å². The van der Waals surface area contributed by atoms with Gasteiger partial charge in [0.1, 0.15) is 12.6 Å². The number of halogens is 2. The fourth-order valence-electron chi connectivity index (χ4n) is 4.11. The average Bonchev–Trinajstić information content (AvgIpc) is 2.91. The number of hydrogen-bond acceptors (Lipinski definition) is 4. The van der Waals surface area contributed by atoms with Crippen LogP contribution in [0.2, 0.25) is 10.0 Å². The topological polar surface area (TPSA) is 86.8 Å². The fourth-order valence-corrected chi connectivity index (χ4v) is 6.07. The van der Waals surface area contributed by atoms with Crippen molar-refractivity contribution < 1.29 is 18.0 Å². The van der Waals surface area contributed by atoms with Crippen molar-refractivity contribution >= 4 is 50.7 Å². The fraction of sp³-hybridized carbons (Fsp3) is 0.333. The van der Waals surface area contributed by atoms with Crippen LogP contribution in [0.25, 0.3) is 0 Å². The zero-order valence-electron chi connectivity index (χ0n) is 23.3. The van der Waals surface area contributed by atoms with Crippen molar-refractivity contribution in [1.29, 1.82) is 0 Å². The molecule has 10 heteroatoms. The molecule has 0 aromatic heterocycles. The van der Waals surface area contributed by atoms with Gasteiger partial charge < -0.3 is 10.2 Å². The van der Waals surface area contributed by atoms with E-state index in [4.69, 9.17) is 23.2 Å². The second kappa shape index (κ2) is 13.5. The number of rotatable bonds is 11. The number of carbonyl (C=O) groups excluding carboxylic acids is 2. The molecule has 2 amide bonds. The van der Waals surface area contributed by atoms with Crippen molar-refractivity contribution in [3.8, 4) is 0 Å². The third kappa shape index (κ3) is 7.56. The quantitative estimate of drug-likeness (QED) is 0.291. The predicted molar refractivity (Wildman–Crippen MR) is 161 cm³/mol. The van der Waals surface area contributed by atoms with E-state index in [1.807, 2.05) is 33.8 Å². The summed E-state index contributed by atoms with van der Waals surface area (Å²) in [5, 5.41) is 3.64. The van der Waals surface area contributed by atoms with Gasteiger partial charge in [-0.2, -0.15) is 0 Å². The first-order chi connectivity index (χ1) is 18.8. The number of benzene rings is 3. The molecule has 0 radical (unpaired) electrons. The summed E-state index contributed by atoms with van der Waals surface area (Å²) in [7, 11) is -4.13. The van der Waals surface area contributed by atoms with Crippen molar-refractivity contribution in [2.75, 3.05) is 17.4 Å². The first-order valence-corrected chi connectivity index (χ1v) is 15.2. The van der Waals surface area contributed by atoms with Gasteiger partial charge >= 0.3 is 0 Å². The van der Waals surface area contributed by atoms with E-state index in [1.165, 1.54) is 17.0 Å². The zero-order chi connectivity index (χ0) is 29.6. The number of aryl methyl sites for hydroxylation is 1. The summed E-state index contributed by atoms with van der Waals surface area (Å²) in [6.07, 6.45) is 0. The van der Waals surface area contributed by atoms with Crippen LogP contribution in [0.4, 0.5) is 5.69 Å². The number of amides is 2. The summed E-state index contributed by atoms with van der Waals surface area (Å²) in [4.78, 5) is 28.5. The van der Waals surface area contributed by atoms with Crippen molar-refractivity contribution in [2.24, 2.45) is 5.92 Å². The second-order valence-corrected chi connectivity index (χ2v) is 12.8. The van der Waals surface area contributed by atoms with Crippen LogP contribution in [0.15, 0.2) is 71.6 Å². The van der Waals surface area contributed by atoms with Gasteiger partial charge in [-0.25, -0.2) is 8.42 Å². The molecule has 40 heavy (non-hydrogen) atoms. The number of sulfonamides is 1. The Morgan fingerprint density at radius 3 is 2.23 bits per heavy atom. The average molecular weight is 605 g/mol. The van der Waals surface area contributed by atoms with Crippen molar-refractivity contribution in [1.82, 2.24) is 10.2 Å². The molecule has 3 rings (SSSR count). The molecule has 1 atom stereocenters. The summed E-state index contributed by atoms with van der Waals surface area (Å²) in [5.41, 5.74) is 2.57. The van der Waals surface area contributed by atoms with Crippen molar-refractivity contribution in [2.45, 2.75) is 52.1 Å². The molecule has 0 bridgehead atoms. The first kappa shape index (κ1) is 31.5.